The van der Waals surface area contributed by atoms with Crippen molar-refractivity contribution in [3.63, 3.8) is 0 Å². The van der Waals surface area contributed by atoms with Crippen molar-refractivity contribution in [2.45, 2.75) is 43.3 Å². The quantitative estimate of drug-likeness (QED) is 0.733. The summed E-state index contributed by atoms with van der Waals surface area (Å²) in [6, 6.07) is 0. The van der Waals surface area contributed by atoms with Gasteiger partial charge >= 0.3 is 0 Å². The third-order valence-electron chi connectivity index (χ3n) is 2.51. The van der Waals surface area contributed by atoms with Gasteiger partial charge in [-0.25, -0.2) is 0 Å². The number of rotatable bonds is 6. The first-order chi connectivity index (χ1) is 7.29. The molecular formula is C11H22O2S2. The predicted octanol–water partition coefficient (Wildman–Crippen LogP) is 2.40. The third-order valence-corrected chi connectivity index (χ3v) is 5.90. The lowest BCUT2D eigenvalue weighted by Crippen LogP contribution is -2.38. The van der Waals surface area contributed by atoms with E-state index in [4.69, 9.17) is 4.74 Å². The molecule has 1 heterocycles. The number of aliphatic hydroxyl groups excluding tert-OH is 1. The van der Waals surface area contributed by atoms with Gasteiger partial charge in [0, 0.05) is 28.6 Å². The van der Waals surface area contributed by atoms with E-state index in [-0.39, 0.29) is 6.10 Å². The summed E-state index contributed by atoms with van der Waals surface area (Å²) >= 11 is 3.91. The third kappa shape index (κ3) is 4.55. The van der Waals surface area contributed by atoms with Gasteiger partial charge in [0.25, 0.3) is 0 Å². The normalized spacial score (nSPS) is 29.0. The topological polar surface area (TPSA) is 29.5 Å². The van der Waals surface area contributed by atoms with Crippen LogP contribution in [0.3, 0.4) is 0 Å². The summed E-state index contributed by atoms with van der Waals surface area (Å²) in [6.45, 7) is 5.56. The Bertz CT molecular complexity index is 167. The number of aliphatic hydroxyl groups is 1. The summed E-state index contributed by atoms with van der Waals surface area (Å²) in [7, 11) is 0. The fourth-order valence-electron chi connectivity index (χ4n) is 1.74. The van der Waals surface area contributed by atoms with Gasteiger partial charge in [-0.15, -0.1) is 0 Å². The van der Waals surface area contributed by atoms with Gasteiger partial charge in [-0.1, -0.05) is 13.8 Å². The van der Waals surface area contributed by atoms with Crippen LogP contribution in [0.4, 0.5) is 0 Å². The number of ether oxygens (including phenoxy) is 1. The van der Waals surface area contributed by atoms with E-state index in [1.165, 1.54) is 5.75 Å². The van der Waals surface area contributed by atoms with E-state index in [2.05, 4.69) is 13.8 Å². The molecule has 0 bridgehead atoms. The summed E-state index contributed by atoms with van der Waals surface area (Å²) in [5, 5.41) is 11.0. The first-order valence-electron chi connectivity index (χ1n) is 5.78. The maximum Gasteiger partial charge on any atom is 0.0902 e. The summed E-state index contributed by atoms with van der Waals surface area (Å²) in [5.74, 6) is 2.39. The van der Waals surface area contributed by atoms with E-state index < -0.39 is 0 Å². The first kappa shape index (κ1) is 13.7. The van der Waals surface area contributed by atoms with Crippen LogP contribution in [0.1, 0.15) is 26.7 Å². The Hall–Kier alpha value is 0.620. The van der Waals surface area contributed by atoms with E-state index in [1.807, 2.05) is 23.5 Å². The molecule has 3 atom stereocenters. The molecule has 1 fully saturated rings. The van der Waals surface area contributed by atoms with Gasteiger partial charge < -0.3 is 9.84 Å². The molecule has 1 N–H and O–H groups in total. The van der Waals surface area contributed by atoms with Crippen molar-refractivity contribution in [3.05, 3.63) is 0 Å². The van der Waals surface area contributed by atoms with Crippen LogP contribution in [0.15, 0.2) is 0 Å². The number of hydrogen-bond donors (Lipinski definition) is 1. The van der Waals surface area contributed by atoms with E-state index in [9.17, 15) is 5.11 Å². The van der Waals surface area contributed by atoms with Gasteiger partial charge in [0.2, 0.25) is 0 Å². The smallest absolute Gasteiger partial charge is 0.0902 e. The highest BCUT2D eigenvalue weighted by Crippen LogP contribution is 2.35. The largest absolute Gasteiger partial charge is 0.390 e. The number of thioether (sulfide) groups is 2. The average molecular weight is 250 g/mol. The molecule has 0 amide bonds. The fourth-order valence-corrected chi connectivity index (χ4v) is 4.87. The van der Waals surface area contributed by atoms with Gasteiger partial charge in [0.15, 0.2) is 0 Å². The van der Waals surface area contributed by atoms with Crippen molar-refractivity contribution >= 4 is 23.5 Å². The van der Waals surface area contributed by atoms with Gasteiger partial charge in [-0.05, 0) is 12.8 Å². The highest BCUT2D eigenvalue weighted by atomic mass is 32.2. The molecule has 0 aliphatic carbocycles. The number of hydrogen-bond acceptors (Lipinski definition) is 4. The lowest BCUT2D eigenvalue weighted by atomic mass is 10.1. The van der Waals surface area contributed by atoms with Crippen molar-refractivity contribution in [2.24, 2.45) is 0 Å². The van der Waals surface area contributed by atoms with Gasteiger partial charge in [0.05, 0.1) is 12.7 Å². The zero-order valence-electron chi connectivity index (χ0n) is 9.65. The molecule has 15 heavy (non-hydrogen) atoms. The Kier molecular flexibility index (Phi) is 7.14. The summed E-state index contributed by atoms with van der Waals surface area (Å²) < 4.78 is 5.42. The Morgan fingerprint density at radius 3 is 2.73 bits per heavy atom. The predicted molar refractivity (Wildman–Crippen MR) is 69.9 cm³/mol. The maximum atomic E-state index is 10.0. The standard InChI is InChI=1S/C11H22O2S2/c1-3-5-13-8-9(12)11-10(4-2)14-6-7-15-11/h9-12H,3-8H2,1-2H3. The molecule has 0 aromatic rings. The SMILES string of the molecule is CCCOCC(O)C1SCCSC1CC. The van der Waals surface area contributed by atoms with Crippen molar-refractivity contribution in [3.8, 4) is 0 Å². The summed E-state index contributed by atoms with van der Waals surface area (Å²) in [6.07, 6.45) is 1.88. The first-order valence-corrected chi connectivity index (χ1v) is 7.88. The highest BCUT2D eigenvalue weighted by molar-refractivity contribution is 8.07. The molecule has 0 aromatic carbocycles. The molecule has 1 rings (SSSR count). The monoisotopic (exact) mass is 250 g/mol. The van der Waals surface area contributed by atoms with Crippen molar-refractivity contribution < 1.29 is 9.84 Å². The molecule has 0 radical (unpaired) electrons. The van der Waals surface area contributed by atoms with Crippen LogP contribution in [0, 0.1) is 0 Å². The van der Waals surface area contributed by atoms with Crippen molar-refractivity contribution in [1.29, 1.82) is 0 Å². The molecule has 0 saturated carbocycles. The molecule has 1 aliphatic rings. The summed E-state index contributed by atoms with van der Waals surface area (Å²) in [5.41, 5.74) is 0. The van der Waals surface area contributed by atoms with E-state index in [0.29, 0.717) is 17.1 Å². The molecule has 4 heteroatoms. The Morgan fingerprint density at radius 1 is 1.33 bits per heavy atom. The van der Waals surface area contributed by atoms with Gasteiger partial charge in [-0.2, -0.15) is 23.5 Å². The maximum absolute atomic E-state index is 10.0. The van der Waals surface area contributed by atoms with E-state index in [0.717, 1.165) is 25.2 Å². The minimum Gasteiger partial charge on any atom is -0.390 e. The minimum absolute atomic E-state index is 0.292. The van der Waals surface area contributed by atoms with Crippen LogP contribution in [-0.4, -0.2) is 46.4 Å². The minimum atomic E-state index is -0.292. The zero-order chi connectivity index (χ0) is 11.1. The molecule has 3 unspecified atom stereocenters. The second-order valence-corrected chi connectivity index (χ2v) is 6.43. The van der Waals surface area contributed by atoms with Crippen molar-refractivity contribution in [2.75, 3.05) is 24.7 Å². The second-order valence-electron chi connectivity index (χ2n) is 3.80. The molecule has 1 saturated heterocycles. The van der Waals surface area contributed by atoms with Crippen LogP contribution in [0.25, 0.3) is 0 Å². The van der Waals surface area contributed by atoms with Gasteiger partial charge in [-0.3, -0.25) is 0 Å². The zero-order valence-corrected chi connectivity index (χ0v) is 11.3. The highest BCUT2D eigenvalue weighted by Gasteiger charge is 2.30. The second kappa shape index (κ2) is 7.82. The van der Waals surface area contributed by atoms with Crippen molar-refractivity contribution in [1.82, 2.24) is 0 Å². The molecule has 0 spiro atoms. The lowest BCUT2D eigenvalue weighted by Gasteiger charge is -2.33. The van der Waals surface area contributed by atoms with E-state index in [1.54, 1.807) is 0 Å². The molecule has 1 aliphatic heterocycles. The molecule has 2 nitrogen and oxygen atoms in total. The van der Waals surface area contributed by atoms with Crippen LogP contribution < -0.4 is 0 Å². The van der Waals surface area contributed by atoms with Crippen LogP contribution in [0.2, 0.25) is 0 Å². The summed E-state index contributed by atoms with van der Waals surface area (Å²) in [4.78, 5) is 0. The fraction of sp³-hybridized carbons (Fsp3) is 1.00. The Labute approximate surface area is 102 Å². The Morgan fingerprint density at radius 2 is 2.07 bits per heavy atom. The average Bonchev–Trinajstić information content (AvgIpc) is 2.29. The lowest BCUT2D eigenvalue weighted by molar-refractivity contribution is 0.0356. The Balaban J connectivity index is 2.31. The van der Waals surface area contributed by atoms with E-state index >= 15 is 0 Å². The van der Waals surface area contributed by atoms with Crippen LogP contribution in [-0.2, 0) is 4.74 Å². The molecular weight excluding hydrogens is 228 g/mol. The van der Waals surface area contributed by atoms with Crippen LogP contribution >= 0.6 is 23.5 Å². The molecule has 0 aromatic heterocycles. The molecule has 90 valence electrons. The van der Waals surface area contributed by atoms with Crippen LogP contribution in [0.5, 0.6) is 0 Å². The van der Waals surface area contributed by atoms with Gasteiger partial charge in [0.1, 0.15) is 0 Å².